The number of hydrogen-bond acceptors (Lipinski definition) is 4. The van der Waals surface area contributed by atoms with Gasteiger partial charge in [-0.05, 0) is 41.4 Å². The second kappa shape index (κ2) is 7.51. The minimum absolute atomic E-state index is 0.0101. The van der Waals surface area contributed by atoms with Crippen LogP contribution in [0.25, 0.3) is 10.9 Å². The fourth-order valence-electron chi connectivity index (χ4n) is 3.14. The Hall–Kier alpha value is -1.63. The molecule has 2 heterocycles. The number of hydrogen-bond donors (Lipinski definition) is 2. The van der Waals surface area contributed by atoms with Crippen molar-refractivity contribution in [3.05, 3.63) is 46.6 Å². The van der Waals surface area contributed by atoms with Crippen LogP contribution in [0, 0.1) is 0 Å². The topological polar surface area (TPSA) is 63.5 Å². The van der Waals surface area contributed by atoms with Gasteiger partial charge in [0.1, 0.15) is 0 Å². The molecule has 2 aromatic rings. The van der Waals surface area contributed by atoms with Crippen molar-refractivity contribution in [2.24, 2.45) is 0 Å². The number of methoxy groups -OCH3 is 1. The van der Waals surface area contributed by atoms with Gasteiger partial charge in [0.05, 0.1) is 30.3 Å². The largest absolute Gasteiger partial charge is 0.465 e. The summed E-state index contributed by atoms with van der Waals surface area (Å²) >= 11 is 3.56. The van der Waals surface area contributed by atoms with Crippen LogP contribution in [-0.2, 0) is 11.3 Å². The summed E-state index contributed by atoms with van der Waals surface area (Å²) in [5.41, 5.74) is 1.51. The van der Waals surface area contributed by atoms with Gasteiger partial charge in [-0.2, -0.15) is 0 Å². The smallest absolute Gasteiger partial charge is 0.340 e. The standard InChI is InChI=1S/C18H21BrN2O3/c1-24-18(23)13-11-21(17-12(13)5-2-6-14(17)19)10-4-7-15-16(22)8-3-9-20-15/h2,4-7,11,15-16,20,22H,3,8-10H2,1H3/b7-4+/t15-,16+/m1/s1. The van der Waals surface area contributed by atoms with Crippen LogP contribution in [0.5, 0.6) is 0 Å². The Morgan fingerprint density at radius 1 is 1.54 bits per heavy atom. The molecule has 128 valence electrons. The summed E-state index contributed by atoms with van der Waals surface area (Å²) in [6.45, 7) is 1.54. The SMILES string of the molecule is COC(=O)c1cn(C/C=C/[C@H]2NCCC[C@@H]2O)c2c(Br)cccc12. The van der Waals surface area contributed by atoms with E-state index in [4.69, 9.17) is 4.74 Å². The molecule has 0 amide bonds. The number of nitrogens with one attached hydrogen (secondary N) is 1. The van der Waals surface area contributed by atoms with Crippen LogP contribution in [-0.4, -0.2) is 41.4 Å². The highest BCUT2D eigenvalue weighted by Gasteiger charge is 2.20. The van der Waals surface area contributed by atoms with E-state index in [2.05, 4.69) is 21.2 Å². The van der Waals surface area contributed by atoms with E-state index < -0.39 is 0 Å². The number of aliphatic hydroxyl groups excluding tert-OH is 1. The lowest BCUT2D eigenvalue weighted by Gasteiger charge is -2.26. The summed E-state index contributed by atoms with van der Waals surface area (Å²) in [7, 11) is 1.39. The highest BCUT2D eigenvalue weighted by Crippen LogP contribution is 2.29. The molecule has 2 atom stereocenters. The minimum Gasteiger partial charge on any atom is -0.465 e. The van der Waals surface area contributed by atoms with E-state index in [0.29, 0.717) is 12.1 Å². The molecule has 1 aliphatic heterocycles. The third kappa shape index (κ3) is 3.41. The summed E-state index contributed by atoms with van der Waals surface area (Å²) in [5.74, 6) is -0.342. The number of esters is 1. The molecule has 1 aliphatic rings. The summed E-state index contributed by atoms with van der Waals surface area (Å²) in [6.07, 6.45) is 7.33. The van der Waals surface area contributed by atoms with Crippen LogP contribution < -0.4 is 5.32 Å². The summed E-state index contributed by atoms with van der Waals surface area (Å²) in [5, 5.41) is 14.2. The lowest BCUT2D eigenvalue weighted by Crippen LogP contribution is -2.43. The van der Waals surface area contributed by atoms with E-state index in [1.807, 2.05) is 41.1 Å². The van der Waals surface area contributed by atoms with Crippen molar-refractivity contribution in [1.82, 2.24) is 9.88 Å². The number of para-hydroxylation sites is 1. The average Bonchev–Trinajstić information content (AvgIpc) is 2.96. The molecule has 5 nitrogen and oxygen atoms in total. The zero-order valence-corrected chi connectivity index (χ0v) is 15.1. The van der Waals surface area contributed by atoms with Crippen LogP contribution in [0.1, 0.15) is 23.2 Å². The highest BCUT2D eigenvalue weighted by molar-refractivity contribution is 9.10. The number of benzene rings is 1. The van der Waals surface area contributed by atoms with E-state index >= 15 is 0 Å². The molecule has 1 saturated heterocycles. The van der Waals surface area contributed by atoms with Gasteiger partial charge >= 0.3 is 5.97 Å². The van der Waals surface area contributed by atoms with E-state index in [-0.39, 0.29) is 18.1 Å². The lowest BCUT2D eigenvalue weighted by atomic mass is 10.0. The quantitative estimate of drug-likeness (QED) is 0.620. The van der Waals surface area contributed by atoms with E-state index in [0.717, 1.165) is 34.8 Å². The highest BCUT2D eigenvalue weighted by atomic mass is 79.9. The fourth-order valence-corrected chi connectivity index (χ4v) is 3.74. The molecule has 1 aromatic heterocycles. The third-order valence-electron chi connectivity index (χ3n) is 4.37. The third-order valence-corrected chi connectivity index (χ3v) is 5.01. The number of aromatic nitrogens is 1. The molecular formula is C18H21BrN2O3. The van der Waals surface area contributed by atoms with Crippen LogP contribution in [0.2, 0.25) is 0 Å². The van der Waals surface area contributed by atoms with Gasteiger partial charge in [0.2, 0.25) is 0 Å². The molecule has 0 bridgehead atoms. The number of carbonyl (C=O) groups excluding carboxylic acids is 1. The van der Waals surface area contributed by atoms with Gasteiger partial charge in [-0.15, -0.1) is 0 Å². The van der Waals surface area contributed by atoms with Crippen molar-refractivity contribution in [2.45, 2.75) is 31.5 Å². The van der Waals surface area contributed by atoms with E-state index in [1.165, 1.54) is 7.11 Å². The zero-order valence-electron chi connectivity index (χ0n) is 13.5. The predicted octanol–water partition coefficient (Wildman–Crippen LogP) is 2.86. The molecule has 0 saturated carbocycles. The van der Waals surface area contributed by atoms with Crippen molar-refractivity contribution in [3.8, 4) is 0 Å². The van der Waals surface area contributed by atoms with Crippen molar-refractivity contribution < 1.29 is 14.6 Å². The Balaban J connectivity index is 1.87. The number of rotatable bonds is 4. The van der Waals surface area contributed by atoms with Gasteiger partial charge in [-0.3, -0.25) is 0 Å². The van der Waals surface area contributed by atoms with Crippen LogP contribution >= 0.6 is 15.9 Å². The van der Waals surface area contributed by atoms with Crippen LogP contribution in [0.4, 0.5) is 0 Å². The molecule has 1 aromatic carbocycles. The number of allylic oxidation sites excluding steroid dienone is 1. The van der Waals surface area contributed by atoms with Gasteiger partial charge in [0.15, 0.2) is 0 Å². The van der Waals surface area contributed by atoms with Crippen molar-refractivity contribution in [1.29, 1.82) is 0 Å². The normalized spacial score (nSPS) is 21.5. The molecule has 3 rings (SSSR count). The second-order valence-corrected chi connectivity index (χ2v) is 6.79. The first-order valence-electron chi connectivity index (χ1n) is 8.05. The number of halogens is 1. The minimum atomic E-state index is -0.342. The fraction of sp³-hybridized carbons (Fsp3) is 0.389. The molecule has 0 unspecified atom stereocenters. The molecule has 0 radical (unpaired) electrons. The molecule has 1 fully saturated rings. The Morgan fingerprint density at radius 3 is 3.12 bits per heavy atom. The first kappa shape index (κ1) is 17.2. The van der Waals surface area contributed by atoms with Crippen molar-refractivity contribution in [2.75, 3.05) is 13.7 Å². The Bertz CT molecular complexity index is 769. The molecular weight excluding hydrogens is 372 g/mol. The Labute approximate surface area is 149 Å². The maximum atomic E-state index is 12.0. The maximum Gasteiger partial charge on any atom is 0.340 e. The van der Waals surface area contributed by atoms with E-state index in [9.17, 15) is 9.90 Å². The summed E-state index contributed by atoms with van der Waals surface area (Å²) < 4.78 is 7.82. The van der Waals surface area contributed by atoms with Gasteiger partial charge in [0, 0.05) is 22.6 Å². The van der Waals surface area contributed by atoms with Crippen LogP contribution in [0.3, 0.4) is 0 Å². The first-order valence-corrected chi connectivity index (χ1v) is 8.85. The molecule has 6 heteroatoms. The molecule has 0 spiro atoms. The van der Waals surface area contributed by atoms with Gasteiger partial charge in [-0.1, -0.05) is 24.3 Å². The number of fused-ring (bicyclic) bond motifs is 1. The monoisotopic (exact) mass is 392 g/mol. The van der Waals surface area contributed by atoms with Gasteiger partial charge in [0.25, 0.3) is 0 Å². The second-order valence-electron chi connectivity index (χ2n) is 5.94. The molecule has 24 heavy (non-hydrogen) atoms. The number of aliphatic hydroxyl groups is 1. The number of ether oxygens (including phenoxy) is 1. The molecule has 0 aliphatic carbocycles. The number of carbonyl (C=O) groups is 1. The first-order chi connectivity index (χ1) is 11.6. The Kier molecular flexibility index (Phi) is 5.38. The van der Waals surface area contributed by atoms with Crippen molar-refractivity contribution >= 4 is 32.8 Å². The zero-order chi connectivity index (χ0) is 17.1. The van der Waals surface area contributed by atoms with Gasteiger partial charge in [-0.25, -0.2) is 4.79 Å². The van der Waals surface area contributed by atoms with Crippen LogP contribution in [0.15, 0.2) is 41.0 Å². The predicted molar refractivity (Wildman–Crippen MR) is 97.1 cm³/mol. The summed E-state index contributed by atoms with van der Waals surface area (Å²) in [6, 6.07) is 5.76. The number of piperidine rings is 1. The summed E-state index contributed by atoms with van der Waals surface area (Å²) in [4.78, 5) is 12.0. The number of nitrogens with zero attached hydrogens (tertiary/aromatic N) is 1. The molecule has 2 N–H and O–H groups in total. The average molecular weight is 393 g/mol. The van der Waals surface area contributed by atoms with Crippen molar-refractivity contribution in [3.63, 3.8) is 0 Å². The maximum absolute atomic E-state index is 12.0. The lowest BCUT2D eigenvalue weighted by molar-refractivity contribution is 0.0602. The van der Waals surface area contributed by atoms with Gasteiger partial charge < -0.3 is 19.7 Å². The van der Waals surface area contributed by atoms with E-state index in [1.54, 1.807) is 0 Å². The Morgan fingerprint density at radius 2 is 2.38 bits per heavy atom.